The first-order valence-corrected chi connectivity index (χ1v) is 5.82. The molecule has 1 aromatic carbocycles. The summed E-state index contributed by atoms with van der Waals surface area (Å²) in [6, 6.07) is 7.96. The zero-order valence-electron chi connectivity index (χ0n) is 9.19. The lowest BCUT2D eigenvalue weighted by Crippen LogP contribution is -2.05. The molecule has 0 saturated carbocycles. The van der Waals surface area contributed by atoms with Gasteiger partial charge in [-0.15, -0.1) is 0 Å². The summed E-state index contributed by atoms with van der Waals surface area (Å²) in [5.74, 6) is 1.10. The molecule has 82 valence electrons. The van der Waals surface area contributed by atoms with E-state index in [9.17, 15) is 4.79 Å². The Kier molecular flexibility index (Phi) is 1.57. The minimum atomic E-state index is 0.234. The molecule has 0 spiro atoms. The lowest BCUT2D eigenvalue weighted by Gasteiger charge is -2.09. The van der Waals surface area contributed by atoms with Gasteiger partial charge in [0.2, 0.25) is 0 Å². The Morgan fingerprint density at radius 1 is 1.12 bits per heavy atom. The predicted molar refractivity (Wildman–Crippen MR) is 66.4 cm³/mol. The highest BCUT2D eigenvalue weighted by atomic mass is 16.3. The Labute approximate surface area is 98.2 Å². The van der Waals surface area contributed by atoms with Crippen LogP contribution in [0.3, 0.4) is 0 Å². The molecule has 0 atom stereocenters. The first-order chi connectivity index (χ1) is 8.34. The van der Waals surface area contributed by atoms with Crippen LogP contribution in [-0.2, 0) is 4.79 Å². The Morgan fingerprint density at radius 3 is 2.94 bits per heavy atom. The summed E-state index contributed by atoms with van der Waals surface area (Å²) < 4.78 is 5.86. The van der Waals surface area contributed by atoms with E-state index >= 15 is 0 Å². The topological polar surface area (TPSA) is 30.2 Å². The van der Waals surface area contributed by atoms with Gasteiger partial charge in [-0.3, -0.25) is 4.79 Å². The average Bonchev–Trinajstić information content (AvgIpc) is 2.87. The number of benzene rings is 1. The van der Waals surface area contributed by atoms with E-state index in [1.807, 2.05) is 30.3 Å². The smallest absolute Gasteiger partial charge is 0.163 e. The summed E-state index contributed by atoms with van der Waals surface area (Å²) in [6.45, 7) is 0. The first kappa shape index (κ1) is 8.99. The lowest BCUT2D eigenvalue weighted by atomic mass is 9.94. The molecule has 17 heavy (non-hydrogen) atoms. The van der Waals surface area contributed by atoms with Crippen LogP contribution in [0.1, 0.15) is 24.2 Å². The average molecular weight is 222 g/mol. The maximum atomic E-state index is 11.8. The number of furan rings is 1. The molecule has 0 radical (unpaired) electrons. The highest BCUT2D eigenvalue weighted by Gasteiger charge is 2.30. The standard InChI is InChI=1S/C15H10O2/c16-13-6-3-5-10-11(13)8-12-9-4-1-2-7-14(9)17-15(10)12/h1-2,4-5,7-8H,3,6H2. The second-order valence-electron chi connectivity index (χ2n) is 4.48. The van der Waals surface area contributed by atoms with Crippen molar-refractivity contribution in [1.29, 1.82) is 0 Å². The van der Waals surface area contributed by atoms with Gasteiger partial charge in [0, 0.05) is 28.5 Å². The summed E-state index contributed by atoms with van der Waals surface area (Å²) in [5, 5.41) is 1.10. The van der Waals surface area contributed by atoms with Crippen molar-refractivity contribution < 1.29 is 9.21 Å². The van der Waals surface area contributed by atoms with E-state index < -0.39 is 0 Å². The molecule has 2 aliphatic carbocycles. The summed E-state index contributed by atoms with van der Waals surface area (Å²) in [6.07, 6.45) is 5.54. The van der Waals surface area contributed by atoms with Crippen LogP contribution < -0.4 is 0 Å². The molecular weight excluding hydrogens is 212 g/mol. The van der Waals surface area contributed by atoms with Crippen LogP contribution in [0.5, 0.6) is 0 Å². The maximum absolute atomic E-state index is 11.8. The van der Waals surface area contributed by atoms with Gasteiger partial charge in [-0.1, -0.05) is 24.3 Å². The number of carbonyl (C=O) groups excluding carboxylic acids is 1. The molecule has 2 aromatic rings. The SMILES string of the molecule is O=C1CCC=C2C1=Cc1c2oc2ccccc12. The largest absolute Gasteiger partial charge is 0.455 e. The molecule has 2 nitrogen and oxygen atoms in total. The predicted octanol–water partition coefficient (Wildman–Crippen LogP) is 3.58. The van der Waals surface area contributed by atoms with Crippen molar-refractivity contribution in [2.24, 2.45) is 0 Å². The van der Waals surface area contributed by atoms with Gasteiger partial charge in [0.05, 0.1) is 0 Å². The number of Topliss-reactive ketones (excluding diaryl/α,β-unsaturated/α-hetero) is 1. The van der Waals surface area contributed by atoms with E-state index in [4.69, 9.17) is 4.42 Å². The highest BCUT2D eigenvalue weighted by molar-refractivity contribution is 6.20. The summed E-state index contributed by atoms with van der Waals surface area (Å²) in [7, 11) is 0. The van der Waals surface area contributed by atoms with Crippen LogP contribution >= 0.6 is 0 Å². The van der Waals surface area contributed by atoms with Crippen molar-refractivity contribution >= 4 is 28.4 Å². The molecule has 4 rings (SSSR count). The Hall–Kier alpha value is -2.09. The molecule has 0 N–H and O–H groups in total. The van der Waals surface area contributed by atoms with E-state index in [1.54, 1.807) is 0 Å². The van der Waals surface area contributed by atoms with Crippen molar-refractivity contribution in [3.05, 3.63) is 47.2 Å². The van der Waals surface area contributed by atoms with Gasteiger partial charge in [-0.25, -0.2) is 0 Å². The van der Waals surface area contributed by atoms with E-state index in [-0.39, 0.29) is 5.78 Å². The van der Waals surface area contributed by atoms with E-state index in [0.29, 0.717) is 6.42 Å². The molecule has 0 aliphatic heterocycles. The van der Waals surface area contributed by atoms with Crippen LogP contribution in [0.4, 0.5) is 0 Å². The zero-order chi connectivity index (χ0) is 11.4. The lowest BCUT2D eigenvalue weighted by molar-refractivity contribution is -0.115. The van der Waals surface area contributed by atoms with Gasteiger partial charge >= 0.3 is 0 Å². The molecule has 1 heterocycles. The molecule has 2 aliphatic rings. The third kappa shape index (κ3) is 1.07. The number of hydrogen-bond donors (Lipinski definition) is 0. The molecule has 0 unspecified atom stereocenters. The summed E-state index contributed by atoms with van der Waals surface area (Å²) in [5.41, 5.74) is 3.78. The second-order valence-corrected chi connectivity index (χ2v) is 4.48. The molecule has 0 fully saturated rings. The van der Waals surface area contributed by atoms with Gasteiger partial charge in [-0.2, -0.15) is 0 Å². The zero-order valence-corrected chi connectivity index (χ0v) is 9.19. The van der Waals surface area contributed by atoms with E-state index in [0.717, 1.165) is 39.9 Å². The maximum Gasteiger partial charge on any atom is 0.163 e. The number of rotatable bonds is 0. The van der Waals surface area contributed by atoms with Gasteiger partial charge in [-0.05, 0) is 18.6 Å². The van der Waals surface area contributed by atoms with Crippen molar-refractivity contribution in [2.75, 3.05) is 0 Å². The number of ketones is 1. The number of para-hydroxylation sites is 1. The van der Waals surface area contributed by atoms with Crippen molar-refractivity contribution in [2.45, 2.75) is 12.8 Å². The molecule has 1 aromatic heterocycles. The highest BCUT2D eigenvalue weighted by Crippen LogP contribution is 2.43. The van der Waals surface area contributed by atoms with Crippen LogP contribution in [0.25, 0.3) is 22.6 Å². The molecule has 0 amide bonds. The summed E-state index contributed by atoms with van der Waals surface area (Å²) >= 11 is 0. The van der Waals surface area contributed by atoms with Crippen LogP contribution in [0, 0.1) is 0 Å². The quantitative estimate of drug-likeness (QED) is 0.682. The summed E-state index contributed by atoms with van der Waals surface area (Å²) in [4.78, 5) is 11.8. The normalized spacial score (nSPS) is 17.8. The van der Waals surface area contributed by atoms with Gasteiger partial charge < -0.3 is 4.42 Å². The fraction of sp³-hybridized carbons (Fsp3) is 0.133. The Balaban J connectivity index is 2.08. The first-order valence-electron chi connectivity index (χ1n) is 5.82. The van der Waals surface area contributed by atoms with E-state index in [2.05, 4.69) is 6.08 Å². The van der Waals surface area contributed by atoms with Crippen LogP contribution in [0.15, 0.2) is 40.3 Å². The van der Waals surface area contributed by atoms with Gasteiger partial charge in [0.1, 0.15) is 11.3 Å². The molecular formula is C15H10O2. The number of hydrogen-bond acceptors (Lipinski definition) is 2. The molecule has 0 bridgehead atoms. The van der Waals surface area contributed by atoms with Crippen molar-refractivity contribution in [3.8, 4) is 0 Å². The minimum Gasteiger partial charge on any atom is -0.455 e. The van der Waals surface area contributed by atoms with Crippen LogP contribution in [0.2, 0.25) is 0 Å². The van der Waals surface area contributed by atoms with Crippen molar-refractivity contribution in [1.82, 2.24) is 0 Å². The molecule has 0 saturated heterocycles. The third-order valence-corrected chi connectivity index (χ3v) is 3.48. The fourth-order valence-electron chi connectivity index (χ4n) is 2.67. The van der Waals surface area contributed by atoms with Crippen LogP contribution in [-0.4, -0.2) is 5.78 Å². The van der Waals surface area contributed by atoms with Gasteiger partial charge in [0.25, 0.3) is 0 Å². The Bertz CT molecular complexity index is 714. The number of carbonyl (C=O) groups is 1. The second kappa shape index (κ2) is 2.98. The fourth-order valence-corrected chi connectivity index (χ4v) is 2.67. The van der Waals surface area contributed by atoms with Crippen molar-refractivity contribution in [3.63, 3.8) is 0 Å². The van der Waals surface area contributed by atoms with E-state index in [1.165, 1.54) is 0 Å². The Morgan fingerprint density at radius 2 is 2.00 bits per heavy atom. The monoisotopic (exact) mass is 222 g/mol. The molecule has 2 heteroatoms. The van der Waals surface area contributed by atoms with Gasteiger partial charge in [0.15, 0.2) is 5.78 Å². The minimum absolute atomic E-state index is 0.234. The number of fused-ring (bicyclic) bond motifs is 5. The third-order valence-electron chi connectivity index (χ3n) is 3.48. The number of allylic oxidation sites excluding steroid dienone is 3.